The second-order valence-corrected chi connectivity index (χ2v) is 6.35. The lowest BCUT2D eigenvalue weighted by molar-refractivity contribution is -0.141. The topological polar surface area (TPSA) is 57.3 Å². The smallest absolute Gasteiger partial charge is 0.338 e. The Morgan fingerprint density at radius 2 is 2.17 bits per heavy atom. The molecule has 5 nitrogen and oxygen atoms in total. The first-order valence-corrected chi connectivity index (χ1v) is 8.03. The molecule has 0 saturated carbocycles. The van der Waals surface area contributed by atoms with Crippen LogP contribution in [0.15, 0.2) is 12.3 Å². The minimum absolute atomic E-state index is 0.0225. The van der Waals surface area contributed by atoms with Crippen LogP contribution in [-0.2, 0) is 6.18 Å². The van der Waals surface area contributed by atoms with Crippen molar-refractivity contribution in [2.24, 2.45) is 5.92 Å². The Hall–Kier alpha value is -1.83. The molecule has 134 valence electrons. The van der Waals surface area contributed by atoms with Gasteiger partial charge in [0.1, 0.15) is 5.69 Å². The maximum atomic E-state index is 12.7. The molecule has 8 heteroatoms. The van der Waals surface area contributed by atoms with Crippen molar-refractivity contribution in [3.8, 4) is 0 Å². The Morgan fingerprint density at radius 1 is 1.42 bits per heavy atom. The van der Waals surface area contributed by atoms with Crippen molar-refractivity contribution in [1.82, 2.24) is 15.2 Å². The third kappa shape index (κ3) is 5.36. The molecule has 1 aliphatic heterocycles. The van der Waals surface area contributed by atoms with Crippen LogP contribution < -0.4 is 10.6 Å². The fourth-order valence-corrected chi connectivity index (χ4v) is 2.96. The van der Waals surface area contributed by atoms with Gasteiger partial charge in [0, 0.05) is 13.1 Å². The van der Waals surface area contributed by atoms with E-state index in [2.05, 4.69) is 27.6 Å². The number of alkyl halides is 3. The molecule has 0 radical (unpaired) electrons. The summed E-state index contributed by atoms with van der Waals surface area (Å²) >= 11 is 0. The second kappa shape index (κ2) is 7.83. The van der Waals surface area contributed by atoms with Crippen LogP contribution in [0.2, 0.25) is 0 Å². The number of aryl methyl sites for hydroxylation is 1. The Kier molecular flexibility index (Phi) is 6.04. The molecule has 2 rings (SSSR count). The van der Waals surface area contributed by atoms with Crippen molar-refractivity contribution in [2.45, 2.75) is 32.4 Å². The maximum Gasteiger partial charge on any atom is 0.433 e. The lowest BCUT2D eigenvalue weighted by Crippen LogP contribution is -2.36. The van der Waals surface area contributed by atoms with E-state index in [4.69, 9.17) is 0 Å². The highest BCUT2D eigenvalue weighted by Crippen LogP contribution is 2.30. The first-order chi connectivity index (χ1) is 11.3. The highest BCUT2D eigenvalue weighted by molar-refractivity contribution is 5.89. The Labute approximate surface area is 139 Å². The molecule has 0 spiro atoms. The zero-order valence-electron chi connectivity index (χ0n) is 13.9. The number of amides is 2. The first-order valence-electron chi connectivity index (χ1n) is 8.03. The number of nitrogens with zero attached hydrogens (tertiary/aromatic N) is 2. The van der Waals surface area contributed by atoms with Crippen LogP contribution in [-0.4, -0.2) is 42.6 Å². The van der Waals surface area contributed by atoms with Crippen molar-refractivity contribution in [2.75, 3.05) is 32.0 Å². The average Bonchev–Trinajstić information content (AvgIpc) is 2.68. The number of anilines is 1. The van der Waals surface area contributed by atoms with Crippen molar-refractivity contribution in [3.05, 3.63) is 23.5 Å². The van der Waals surface area contributed by atoms with E-state index in [-0.39, 0.29) is 11.3 Å². The molecule has 1 atom stereocenters. The first kappa shape index (κ1) is 18.5. The van der Waals surface area contributed by atoms with Gasteiger partial charge in [-0.15, -0.1) is 0 Å². The monoisotopic (exact) mass is 344 g/mol. The van der Waals surface area contributed by atoms with Crippen LogP contribution in [0, 0.1) is 12.8 Å². The molecule has 2 heterocycles. The fraction of sp³-hybridized carbons (Fsp3) is 0.625. The van der Waals surface area contributed by atoms with Crippen molar-refractivity contribution in [1.29, 1.82) is 0 Å². The van der Waals surface area contributed by atoms with E-state index in [0.29, 0.717) is 12.5 Å². The fourth-order valence-electron chi connectivity index (χ4n) is 2.96. The standard InChI is InChI=1S/C16H23F3N4O/c1-11-7-13(9-20-14(11)16(17,18)19)22-15(24)21-8-12-5-3-4-6-23(2)10-12/h7,9,12H,3-6,8,10H2,1-2H3,(H2,21,22,24). The number of pyridine rings is 1. The zero-order valence-corrected chi connectivity index (χ0v) is 13.9. The predicted molar refractivity (Wildman–Crippen MR) is 85.8 cm³/mol. The SMILES string of the molecule is Cc1cc(NC(=O)NCC2CCCCN(C)C2)cnc1C(F)(F)F. The molecule has 1 saturated heterocycles. The number of aromatic nitrogens is 1. The molecule has 2 N–H and O–H groups in total. The van der Waals surface area contributed by atoms with Crippen LogP contribution in [0.25, 0.3) is 0 Å². The molecule has 1 aliphatic rings. The van der Waals surface area contributed by atoms with Gasteiger partial charge in [-0.2, -0.15) is 13.2 Å². The summed E-state index contributed by atoms with van der Waals surface area (Å²) in [7, 11) is 2.06. The molecule has 2 amide bonds. The Balaban J connectivity index is 1.87. The third-order valence-electron chi connectivity index (χ3n) is 4.13. The van der Waals surface area contributed by atoms with Gasteiger partial charge in [0.15, 0.2) is 0 Å². The lowest BCUT2D eigenvalue weighted by atomic mass is 10.0. The number of rotatable bonds is 3. The number of carbonyl (C=O) groups excluding carboxylic acids is 1. The van der Waals surface area contributed by atoms with E-state index in [1.54, 1.807) is 0 Å². The van der Waals surface area contributed by atoms with E-state index in [9.17, 15) is 18.0 Å². The van der Waals surface area contributed by atoms with E-state index in [1.807, 2.05) is 0 Å². The quantitative estimate of drug-likeness (QED) is 0.885. The minimum Gasteiger partial charge on any atom is -0.338 e. The van der Waals surface area contributed by atoms with Gasteiger partial charge in [-0.3, -0.25) is 0 Å². The van der Waals surface area contributed by atoms with Gasteiger partial charge in [-0.1, -0.05) is 6.42 Å². The molecule has 0 aromatic carbocycles. The van der Waals surface area contributed by atoms with Crippen molar-refractivity contribution >= 4 is 11.7 Å². The van der Waals surface area contributed by atoms with Crippen LogP contribution in [0.1, 0.15) is 30.5 Å². The number of halogens is 3. The van der Waals surface area contributed by atoms with Crippen molar-refractivity contribution in [3.63, 3.8) is 0 Å². The molecule has 1 unspecified atom stereocenters. The Morgan fingerprint density at radius 3 is 2.83 bits per heavy atom. The van der Waals surface area contributed by atoms with Gasteiger partial charge in [0.05, 0.1) is 11.9 Å². The zero-order chi connectivity index (χ0) is 17.7. The summed E-state index contributed by atoms with van der Waals surface area (Å²) in [5.41, 5.74) is -0.711. The molecular formula is C16H23F3N4O. The normalized spacial score (nSPS) is 19.6. The third-order valence-corrected chi connectivity index (χ3v) is 4.13. The lowest BCUT2D eigenvalue weighted by Gasteiger charge is -2.20. The molecule has 1 aromatic rings. The van der Waals surface area contributed by atoms with E-state index >= 15 is 0 Å². The van der Waals surface area contributed by atoms with Gasteiger partial charge in [-0.05, 0) is 50.9 Å². The molecule has 0 bridgehead atoms. The predicted octanol–water partition coefficient (Wildman–Crippen LogP) is 3.26. The van der Waals surface area contributed by atoms with Gasteiger partial charge < -0.3 is 15.5 Å². The molecule has 1 fully saturated rings. The number of hydrogen-bond donors (Lipinski definition) is 2. The summed E-state index contributed by atoms with van der Waals surface area (Å²) in [6.07, 6.45) is -0.104. The average molecular weight is 344 g/mol. The van der Waals surface area contributed by atoms with Crippen molar-refractivity contribution < 1.29 is 18.0 Å². The number of hydrogen-bond acceptors (Lipinski definition) is 3. The minimum atomic E-state index is -4.49. The van der Waals surface area contributed by atoms with Gasteiger partial charge in [-0.25, -0.2) is 9.78 Å². The largest absolute Gasteiger partial charge is 0.433 e. The Bertz CT molecular complexity index is 577. The van der Waals surface area contributed by atoms with Gasteiger partial charge >= 0.3 is 12.2 Å². The summed E-state index contributed by atoms with van der Waals surface area (Å²) in [6.45, 7) is 3.86. The summed E-state index contributed by atoms with van der Waals surface area (Å²) < 4.78 is 38.0. The number of urea groups is 1. The van der Waals surface area contributed by atoms with Crippen LogP contribution in [0.4, 0.5) is 23.7 Å². The highest BCUT2D eigenvalue weighted by atomic mass is 19.4. The van der Waals surface area contributed by atoms with Crippen LogP contribution in [0.3, 0.4) is 0 Å². The van der Waals surface area contributed by atoms with Crippen LogP contribution >= 0.6 is 0 Å². The van der Waals surface area contributed by atoms with Crippen LogP contribution in [0.5, 0.6) is 0 Å². The molecule has 1 aromatic heterocycles. The van der Waals surface area contributed by atoms with E-state index in [1.165, 1.54) is 13.0 Å². The van der Waals surface area contributed by atoms with Gasteiger partial charge in [0.2, 0.25) is 0 Å². The number of likely N-dealkylation sites (tertiary alicyclic amines) is 1. The second-order valence-electron chi connectivity index (χ2n) is 6.35. The molecular weight excluding hydrogens is 321 g/mol. The molecule has 0 aliphatic carbocycles. The summed E-state index contributed by atoms with van der Waals surface area (Å²) in [6, 6.07) is 0.845. The maximum absolute atomic E-state index is 12.7. The number of carbonyl (C=O) groups is 1. The van der Waals surface area contributed by atoms with Gasteiger partial charge in [0.25, 0.3) is 0 Å². The number of nitrogens with one attached hydrogen (secondary N) is 2. The summed E-state index contributed by atoms with van der Waals surface area (Å²) in [5, 5.41) is 5.32. The van der Waals surface area contributed by atoms with E-state index < -0.39 is 17.9 Å². The van der Waals surface area contributed by atoms with E-state index in [0.717, 1.165) is 38.5 Å². The highest BCUT2D eigenvalue weighted by Gasteiger charge is 2.34. The summed E-state index contributed by atoms with van der Waals surface area (Å²) in [4.78, 5) is 17.6. The summed E-state index contributed by atoms with van der Waals surface area (Å²) in [5.74, 6) is 0.385. The molecule has 24 heavy (non-hydrogen) atoms.